The Morgan fingerprint density at radius 3 is 2.66 bits per heavy atom. The van der Waals surface area contributed by atoms with Crippen LogP contribution in [-0.4, -0.2) is 51.0 Å². The number of phenols is 1. The number of benzene rings is 2. The molecule has 1 saturated heterocycles. The lowest BCUT2D eigenvalue weighted by Crippen LogP contribution is -2.44. The molecule has 29 heavy (non-hydrogen) atoms. The Morgan fingerprint density at radius 1 is 1.14 bits per heavy atom. The highest BCUT2D eigenvalue weighted by Gasteiger charge is 2.25. The minimum absolute atomic E-state index is 0.137. The van der Waals surface area contributed by atoms with Crippen molar-refractivity contribution in [3.63, 3.8) is 0 Å². The zero-order chi connectivity index (χ0) is 20.6. The maximum Gasteiger partial charge on any atom is 0.191 e. The van der Waals surface area contributed by atoms with Gasteiger partial charge in [0.25, 0.3) is 0 Å². The van der Waals surface area contributed by atoms with Crippen LogP contribution in [0, 0.1) is 0 Å². The number of aromatic hydroxyl groups is 1. The predicted octanol–water partition coefficient (Wildman–Crippen LogP) is 2.74. The molecule has 0 aromatic heterocycles. The molecule has 0 spiro atoms. The summed E-state index contributed by atoms with van der Waals surface area (Å²) in [7, 11) is 3.25. The van der Waals surface area contributed by atoms with E-state index in [1.165, 1.54) is 0 Å². The first-order valence-electron chi connectivity index (χ1n) is 9.94. The third-order valence-corrected chi connectivity index (χ3v) is 5.01. The molecule has 0 saturated carbocycles. The number of rotatable bonds is 7. The van der Waals surface area contributed by atoms with Gasteiger partial charge in [0.05, 0.1) is 26.5 Å². The fraction of sp³-hybridized carbons (Fsp3) is 0.409. The normalized spacial score (nSPS) is 16.6. The summed E-state index contributed by atoms with van der Waals surface area (Å²) in [6, 6.07) is 13.8. The largest absolute Gasteiger partial charge is 0.504 e. The Hall–Kier alpha value is -3.09. The van der Waals surface area contributed by atoms with Gasteiger partial charge in [-0.05, 0) is 31.5 Å². The number of nitrogens with zero attached hydrogens (tertiary/aromatic N) is 2. The van der Waals surface area contributed by atoms with E-state index in [0.29, 0.717) is 12.3 Å². The van der Waals surface area contributed by atoms with Crippen molar-refractivity contribution in [3.05, 3.63) is 48.0 Å². The molecule has 156 valence electrons. The first-order chi connectivity index (χ1) is 14.2. The van der Waals surface area contributed by atoms with E-state index < -0.39 is 0 Å². The van der Waals surface area contributed by atoms with Crippen LogP contribution in [0.15, 0.2) is 47.5 Å². The van der Waals surface area contributed by atoms with Gasteiger partial charge in [-0.1, -0.05) is 24.3 Å². The number of guanidine groups is 1. The summed E-state index contributed by atoms with van der Waals surface area (Å²) >= 11 is 0. The van der Waals surface area contributed by atoms with Crippen molar-refractivity contribution in [3.8, 4) is 17.2 Å². The molecule has 0 bridgehead atoms. The van der Waals surface area contributed by atoms with Gasteiger partial charge in [0.1, 0.15) is 5.75 Å². The molecule has 1 heterocycles. The topological polar surface area (TPSA) is 78.4 Å². The lowest BCUT2D eigenvalue weighted by atomic mass is 10.2. The molecule has 1 fully saturated rings. The fourth-order valence-electron chi connectivity index (χ4n) is 3.53. The van der Waals surface area contributed by atoms with E-state index in [-0.39, 0.29) is 11.8 Å². The van der Waals surface area contributed by atoms with Crippen LogP contribution in [0.4, 0.5) is 5.69 Å². The highest BCUT2D eigenvalue weighted by molar-refractivity contribution is 5.80. The fourth-order valence-corrected chi connectivity index (χ4v) is 3.53. The molecule has 2 aromatic carbocycles. The number of hydrogen-bond acceptors (Lipinski definition) is 5. The van der Waals surface area contributed by atoms with E-state index in [1.54, 1.807) is 20.3 Å². The van der Waals surface area contributed by atoms with Crippen LogP contribution in [0.2, 0.25) is 0 Å². The smallest absolute Gasteiger partial charge is 0.191 e. The summed E-state index contributed by atoms with van der Waals surface area (Å²) in [6.07, 6.45) is 1.01. The van der Waals surface area contributed by atoms with Crippen LogP contribution in [0.5, 0.6) is 17.2 Å². The second kappa shape index (κ2) is 9.91. The molecule has 1 aliphatic rings. The van der Waals surface area contributed by atoms with Gasteiger partial charge in [-0.2, -0.15) is 0 Å². The highest BCUT2D eigenvalue weighted by atomic mass is 16.5. The van der Waals surface area contributed by atoms with Gasteiger partial charge in [0.2, 0.25) is 0 Å². The molecule has 1 atom stereocenters. The number of methoxy groups -OCH3 is 2. The Labute approximate surface area is 172 Å². The number of phenolic OH excluding ortho intramolecular Hbond substituents is 1. The lowest BCUT2D eigenvalue weighted by molar-refractivity contribution is 0.370. The number of anilines is 1. The SMILES string of the molecule is CCNC(=NCc1cccc(OC)c1O)NC1CCN(c2ccccc2OC)C1. The minimum atomic E-state index is 0.137. The maximum atomic E-state index is 10.3. The average molecular weight is 399 g/mol. The average Bonchev–Trinajstić information content (AvgIpc) is 3.21. The minimum Gasteiger partial charge on any atom is -0.504 e. The van der Waals surface area contributed by atoms with Gasteiger partial charge in [0.15, 0.2) is 17.5 Å². The van der Waals surface area contributed by atoms with Gasteiger partial charge in [-0.15, -0.1) is 0 Å². The standard InChI is InChI=1S/C22H30N4O3/c1-4-23-22(24-14-16-8-7-11-20(29-3)21(16)27)25-17-12-13-26(15-17)18-9-5-6-10-19(18)28-2/h5-11,17,27H,4,12-15H2,1-3H3,(H2,23,24,25). The summed E-state index contributed by atoms with van der Waals surface area (Å²) in [5.41, 5.74) is 1.84. The third-order valence-electron chi connectivity index (χ3n) is 5.01. The third kappa shape index (κ3) is 5.04. The van der Waals surface area contributed by atoms with E-state index in [0.717, 1.165) is 49.0 Å². The molecular weight excluding hydrogens is 368 g/mol. The van der Waals surface area contributed by atoms with Crippen molar-refractivity contribution >= 4 is 11.6 Å². The van der Waals surface area contributed by atoms with Crippen LogP contribution < -0.4 is 25.0 Å². The van der Waals surface area contributed by atoms with Crippen LogP contribution in [0.3, 0.4) is 0 Å². The molecular formula is C22H30N4O3. The summed E-state index contributed by atoms with van der Waals surface area (Å²) in [5, 5.41) is 17.1. The van der Waals surface area contributed by atoms with E-state index in [9.17, 15) is 5.11 Å². The molecule has 0 aliphatic carbocycles. The van der Waals surface area contributed by atoms with Gasteiger partial charge < -0.3 is 30.1 Å². The molecule has 0 radical (unpaired) electrons. The first kappa shape index (κ1) is 20.6. The zero-order valence-electron chi connectivity index (χ0n) is 17.3. The summed E-state index contributed by atoms with van der Waals surface area (Å²) < 4.78 is 10.7. The van der Waals surface area contributed by atoms with Crippen molar-refractivity contribution in [2.45, 2.75) is 25.9 Å². The first-order valence-corrected chi connectivity index (χ1v) is 9.94. The molecule has 7 heteroatoms. The van der Waals surface area contributed by atoms with Crippen LogP contribution >= 0.6 is 0 Å². The highest BCUT2D eigenvalue weighted by Crippen LogP contribution is 2.31. The Balaban J connectivity index is 1.66. The van der Waals surface area contributed by atoms with E-state index in [2.05, 4.69) is 26.6 Å². The number of ether oxygens (including phenoxy) is 2. The van der Waals surface area contributed by atoms with Gasteiger partial charge in [0, 0.05) is 31.2 Å². The Morgan fingerprint density at radius 2 is 1.90 bits per heavy atom. The van der Waals surface area contributed by atoms with Gasteiger partial charge in [-0.25, -0.2) is 4.99 Å². The van der Waals surface area contributed by atoms with Crippen molar-refractivity contribution in [2.24, 2.45) is 4.99 Å². The maximum absolute atomic E-state index is 10.3. The van der Waals surface area contributed by atoms with Crippen molar-refractivity contribution < 1.29 is 14.6 Å². The predicted molar refractivity (Wildman–Crippen MR) is 116 cm³/mol. The number of aliphatic imine (C=N–C) groups is 1. The molecule has 0 amide bonds. The molecule has 1 unspecified atom stereocenters. The second-order valence-corrected chi connectivity index (χ2v) is 6.91. The van der Waals surface area contributed by atoms with Crippen LogP contribution in [-0.2, 0) is 6.54 Å². The van der Waals surface area contributed by atoms with Crippen molar-refractivity contribution in [2.75, 3.05) is 38.8 Å². The molecule has 3 rings (SSSR count). The van der Waals surface area contributed by atoms with Gasteiger partial charge in [-0.3, -0.25) is 0 Å². The Bertz CT molecular complexity index is 841. The van der Waals surface area contributed by atoms with Crippen LogP contribution in [0.25, 0.3) is 0 Å². The number of hydrogen-bond donors (Lipinski definition) is 3. The number of nitrogens with one attached hydrogen (secondary N) is 2. The number of para-hydroxylation sites is 3. The van der Waals surface area contributed by atoms with Crippen molar-refractivity contribution in [1.29, 1.82) is 0 Å². The van der Waals surface area contributed by atoms with E-state index in [4.69, 9.17) is 9.47 Å². The zero-order valence-corrected chi connectivity index (χ0v) is 17.3. The van der Waals surface area contributed by atoms with Crippen LogP contribution in [0.1, 0.15) is 18.9 Å². The lowest BCUT2D eigenvalue weighted by Gasteiger charge is -2.22. The monoisotopic (exact) mass is 398 g/mol. The quantitative estimate of drug-likeness (QED) is 0.492. The van der Waals surface area contributed by atoms with Gasteiger partial charge >= 0.3 is 0 Å². The molecule has 7 nitrogen and oxygen atoms in total. The summed E-state index contributed by atoms with van der Waals surface area (Å²) in [5.74, 6) is 2.22. The summed E-state index contributed by atoms with van der Waals surface area (Å²) in [4.78, 5) is 6.98. The molecule has 2 aromatic rings. The summed E-state index contributed by atoms with van der Waals surface area (Å²) in [6.45, 7) is 4.99. The van der Waals surface area contributed by atoms with E-state index >= 15 is 0 Å². The molecule has 3 N–H and O–H groups in total. The van der Waals surface area contributed by atoms with Crippen molar-refractivity contribution in [1.82, 2.24) is 10.6 Å². The Kier molecular flexibility index (Phi) is 7.05. The second-order valence-electron chi connectivity index (χ2n) is 6.91. The molecule has 1 aliphatic heterocycles. The van der Waals surface area contributed by atoms with E-state index in [1.807, 2.05) is 37.3 Å².